The maximum atomic E-state index is 5.87. The molecule has 0 fully saturated rings. The van der Waals surface area contributed by atoms with Gasteiger partial charge in [0.25, 0.3) is 0 Å². The zero-order valence-corrected chi connectivity index (χ0v) is 16.6. The van der Waals surface area contributed by atoms with Gasteiger partial charge in [0.15, 0.2) is 11.5 Å². The lowest BCUT2D eigenvalue weighted by atomic mass is 9.87. The molecule has 0 spiro atoms. The fourth-order valence-corrected chi connectivity index (χ4v) is 2.72. The molecule has 26 heavy (non-hydrogen) atoms. The van der Waals surface area contributed by atoms with Gasteiger partial charge in [0.1, 0.15) is 6.61 Å². The largest absolute Gasteiger partial charge is 0.493 e. The first-order chi connectivity index (χ1) is 12.5. The minimum absolute atomic E-state index is 0.182. The Morgan fingerprint density at radius 3 is 2.23 bits per heavy atom. The number of methoxy groups -OCH3 is 2. The van der Waals surface area contributed by atoms with E-state index in [1.54, 1.807) is 14.2 Å². The fourth-order valence-electron chi connectivity index (χ4n) is 2.72. The zero-order chi connectivity index (χ0) is 19.0. The fraction of sp³-hybridized carbons (Fsp3) is 0.455. The maximum Gasteiger partial charge on any atom is 0.165 e. The van der Waals surface area contributed by atoms with Crippen molar-refractivity contribution in [3.05, 3.63) is 59.2 Å². The topological polar surface area (TPSA) is 39.7 Å². The molecule has 0 aromatic heterocycles. The first kappa shape index (κ1) is 20.3. The molecule has 0 aliphatic heterocycles. The Morgan fingerprint density at radius 2 is 1.62 bits per heavy atom. The molecule has 0 amide bonds. The van der Waals surface area contributed by atoms with Crippen molar-refractivity contribution in [3.63, 3.8) is 0 Å². The van der Waals surface area contributed by atoms with Gasteiger partial charge in [0.05, 0.1) is 13.7 Å². The van der Waals surface area contributed by atoms with E-state index < -0.39 is 0 Å². The molecule has 4 heteroatoms. The Balaban J connectivity index is 1.98. The van der Waals surface area contributed by atoms with Gasteiger partial charge in [-0.25, -0.2) is 0 Å². The van der Waals surface area contributed by atoms with Crippen molar-refractivity contribution in [1.82, 2.24) is 5.32 Å². The van der Waals surface area contributed by atoms with Crippen LogP contribution in [0, 0.1) is 0 Å². The van der Waals surface area contributed by atoms with E-state index in [9.17, 15) is 0 Å². The Morgan fingerprint density at radius 1 is 0.885 bits per heavy atom. The summed E-state index contributed by atoms with van der Waals surface area (Å²) in [5.41, 5.74) is 3.87. The molecular formula is C22H31NO3. The Labute approximate surface area is 157 Å². The Kier molecular flexibility index (Phi) is 7.49. The van der Waals surface area contributed by atoms with Crippen LogP contribution in [0.4, 0.5) is 0 Å². The van der Waals surface area contributed by atoms with Gasteiger partial charge in [-0.1, -0.05) is 57.2 Å². The first-order valence-electron chi connectivity index (χ1n) is 9.03. The predicted molar refractivity (Wildman–Crippen MR) is 106 cm³/mol. The van der Waals surface area contributed by atoms with Crippen LogP contribution in [-0.4, -0.2) is 27.4 Å². The highest BCUT2D eigenvalue weighted by Crippen LogP contribution is 2.31. The van der Waals surface area contributed by atoms with Crippen molar-refractivity contribution in [2.75, 3.05) is 27.4 Å². The van der Waals surface area contributed by atoms with Crippen LogP contribution in [0.25, 0.3) is 0 Å². The second kappa shape index (κ2) is 9.60. The number of hydrogen-bond donors (Lipinski definition) is 1. The third kappa shape index (κ3) is 5.75. The molecule has 2 rings (SSSR count). The summed E-state index contributed by atoms with van der Waals surface area (Å²) in [6, 6.07) is 14.8. The summed E-state index contributed by atoms with van der Waals surface area (Å²) in [5.74, 6) is 1.53. The number of rotatable bonds is 9. The molecule has 2 aromatic rings. The normalized spacial score (nSPS) is 11.4. The Bertz CT molecular complexity index is 675. The molecule has 4 nitrogen and oxygen atoms in total. The summed E-state index contributed by atoms with van der Waals surface area (Å²) in [7, 11) is 3.32. The summed E-state index contributed by atoms with van der Waals surface area (Å²) < 4.78 is 16.4. The summed E-state index contributed by atoms with van der Waals surface area (Å²) in [5, 5.41) is 3.49. The maximum absolute atomic E-state index is 5.87. The molecule has 0 aliphatic carbocycles. The van der Waals surface area contributed by atoms with Crippen LogP contribution in [0.2, 0.25) is 0 Å². The highest BCUT2D eigenvalue weighted by molar-refractivity contribution is 5.46. The van der Waals surface area contributed by atoms with E-state index in [1.807, 2.05) is 12.1 Å². The van der Waals surface area contributed by atoms with Gasteiger partial charge in [-0.05, 0) is 22.6 Å². The number of para-hydroxylation sites is 1. The van der Waals surface area contributed by atoms with E-state index >= 15 is 0 Å². The number of nitrogens with one attached hydrogen (secondary N) is 1. The second-order valence-corrected chi connectivity index (χ2v) is 7.34. The summed E-state index contributed by atoms with van der Waals surface area (Å²) in [4.78, 5) is 0. The van der Waals surface area contributed by atoms with Crippen molar-refractivity contribution < 1.29 is 14.2 Å². The van der Waals surface area contributed by atoms with Gasteiger partial charge < -0.3 is 19.5 Å². The van der Waals surface area contributed by atoms with Crippen molar-refractivity contribution in [1.29, 1.82) is 0 Å². The molecule has 2 aromatic carbocycles. The molecule has 0 heterocycles. The average Bonchev–Trinajstić information content (AvgIpc) is 2.62. The molecule has 142 valence electrons. The van der Waals surface area contributed by atoms with Gasteiger partial charge >= 0.3 is 0 Å². The summed E-state index contributed by atoms with van der Waals surface area (Å²) in [6.07, 6.45) is 0. The smallest absolute Gasteiger partial charge is 0.165 e. The van der Waals surface area contributed by atoms with Crippen LogP contribution in [0.15, 0.2) is 42.5 Å². The molecule has 0 aliphatic rings. The second-order valence-electron chi connectivity index (χ2n) is 7.34. The van der Waals surface area contributed by atoms with Crippen LogP contribution < -0.4 is 14.8 Å². The number of benzene rings is 2. The standard InChI is InChI=1S/C22H31NO3/c1-22(2,3)19-11-9-17(10-12-19)15-23-16-18-7-6-8-20(25-5)21(18)26-14-13-24-4/h6-12,23H,13-16H2,1-5H3. The van der Waals surface area contributed by atoms with E-state index in [2.05, 4.69) is 56.4 Å². The quantitative estimate of drug-likeness (QED) is 0.679. The molecule has 0 bridgehead atoms. The monoisotopic (exact) mass is 357 g/mol. The van der Waals surface area contributed by atoms with Gasteiger partial charge in [-0.15, -0.1) is 0 Å². The third-order valence-corrected chi connectivity index (χ3v) is 4.28. The van der Waals surface area contributed by atoms with E-state index in [0.29, 0.717) is 19.8 Å². The van der Waals surface area contributed by atoms with Gasteiger partial charge in [-0.2, -0.15) is 0 Å². The van der Waals surface area contributed by atoms with Crippen LogP contribution in [-0.2, 0) is 23.2 Å². The van der Waals surface area contributed by atoms with Crippen molar-refractivity contribution in [3.8, 4) is 11.5 Å². The van der Waals surface area contributed by atoms with Crippen molar-refractivity contribution in [2.24, 2.45) is 0 Å². The van der Waals surface area contributed by atoms with Crippen molar-refractivity contribution in [2.45, 2.75) is 39.3 Å². The van der Waals surface area contributed by atoms with Crippen LogP contribution in [0.1, 0.15) is 37.5 Å². The lowest BCUT2D eigenvalue weighted by Crippen LogP contribution is -2.15. The molecule has 1 N–H and O–H groups in total. The van der Waals surface area contributed by atoms with E-state index in [4.69, 9.17) is 14.2 Å². The number of hydrogen-bond acceptors (Lipinski definition) is 4. The van der Waals surface area contributed by atoms with E-state index in [-0.39, 0.29) is 5.41 Å². The highest BCUT2D eigenvalue weighted by Gasteiger charge is 2.13. The average molecular weight is 357 g/mol. The third-order valence-electron chi connectivity index (χ3n) is 4.28. The molecule has 0 saturated heterocycles. The molecular weight excluding hydrogens is 326 g/mol. The Hall–Kier alpha value is -2.04. The lowest BCUT2D eigenvalue weighted by Gasteiger charge is -2.19. The van der Waals surface area contributed by atoms with Gasteiger partial charge in [0, 0.05) is 25.8 Å². The molecule has 0 radical (unpaired) electrons. The highest BCUT2D eigenvalue weighted by atomic mass is 16.5. The van der Waals surface area contributed by atoms with E-state index in [1.165, 1.54) is 11.1 Å². The van der Waals surface area contributed by atoms with Crippen molar-refractivity contribution >= 4 is 0 Å². The van der Waals surface area contributed by atoms with E-state index in [0.717, 1.165) is 23.6 Å². The first-order valence-corrected chi connectivity index (χ1v) is 9.03. The van der Waals surface area contributed by atoms with Crippen LogP contribution >= 0.6 is 0 Å². The molecule has 0 saturated carbocycles. The number of ether oxygens (including phenoxy) is 3. The predicted octanol–water partition coefficient (Wildman–Crippen LogP) is 4.31. The van der Waals surface area contributed by atoms with Gasteiger partial charge in [-0.3, -0.25) is 0 Å². The minimum atomic E-state index is 0.182. The zero-order valence-electron chi connectivity index (χ0n) is 16.6. The minimum Gasteiger partial charge on any atom is -0.493 e. The SMILES string of the molecule is COCCOc1c(CNCc2ccc(C(C)(C)C)cc2)cccc1OC. The van der Waals surface area contributed by atoms with Crippen LogP contribution in [0.5, 0.6) is 11.5 Å². The molecule has 0 atom stereocenters. The van der Waals surface area contributed by atoms with Gasteiger partial charge in [0.2, 0.25) is 0 Å². The summed E-state index contributed by atoms with van der Waals surface area (Å²) >= 11 is 0. The lowest BCUT2D eigenvalue weighted by molar-refractivity contribution is 0.143. The molecule has 0 unspecified atom stereocenters. The summed E-state index contributed by atoms with van der Waals surface area (Å²) in [6.45, 7) is 9.25. The van der Waals surface area contributed by atoms with Crippen LogP contribution in [0.3, 0.4) is 0 Å².